The van der Waals surface area contributed by atoms with Crippen LogP contribution in [0.4, 0.5) is 8.78 Å². The highest BCUT2D eigenvalue weighted by atomic mass is 19.2. The Balaban J connectivity index is 1.74. The number of aliphatic imine (C=N–C) groups is 1. The standard InChI is InChI=1S/C18H15F2N5O2/c1-9(12-4-2-10(7-21)8-22-12)23-15(26)6-14-18(27)25-13-5-3-11(19)16(20)17(13)24-14/h2-5,8-11H,6H2,1H3,(H,23,26)(H,25,27)/t9-,10?,11?/m0/s1. The number of fused-ring (bicyclic) bond motifs is 1. The van der Waals surface area contributed by atoms with Crippen LogP contribution >= 0.6 is 0 Å². The third kappa shape index (κ3) is 4.00. The summed E-state index contributed by atoms with van der Waals surface area (Å²) in [5.41, 5.74) is -0.313. The molecular weight excluding hydrogens is 356 g/mol. The highest BCUT2D eigenvalue weighted by Crippen LogP contribution is 2.13. The highest BCUT2D eigenvalue weighted by molar-refractivity contribution is 6.02. The second-order valence-corrected chi connectivity index (χ2v) is 6.07. The number of nitriles is 1. The van der Waals surface area contributed by atoms with Crippen molar-refractivity contribution in [2.75, 3.05) is 0 Å². The Bertz CT molecular complexity index is 1050. The van der Waals surface area contributed by atoms with Crippen molar-refractivity contribution in [1.82, 2.24) is 15.3 Å². The van der Waals surface area contributed by atoms with E-state index in [1.54, 1.807) is 19.1 Å². The Hall–Kier alpha value is -3.15. The molecule has 1 aromatic heterocycles. The van der Waals surface area contributed by atoms with Gasteiger partial charge in [0, 0.05) is 6.42 Å². The zero-order valence-corrected chi connectivity index (χ0v) is 14.2. The van der Waals surface area contributed by atoms with Crippen LogP contribution in [0.1, 0.15) is 12.6 Å². The van der Waals surface area contributed by atoms with Gasteiger partial charge in [-0.25, -0.2) is 13.8 Å². The summed E-state index contributed by atoms with van der Waals surface area (Å²) in [5.74, 6) is -2.04. The summed E-state index contributed by atoms with van der Waals surface area (Å²) >= 11 is 0. The molecule has 1 amide bonds. The second kappa shape index (κ2) is 7.61. The summed E-state index contributed by atoms with van der Waals surface area (Å²) < 4.78 is 27.3. The quantitative estimate of drug-likeness (QED) is 0.746. The minimum absolute atomic E-state index is 0.0632. The number of carbonyl (C=O) groups excluding carboxylic acids is 1. The molecule has 2 unspecified atom stereocenters. The monoisotopic (exact) mass is 371 g/mol. The molecule has 2 heterocycles. The number of H-pyrrole nitrogens is 1. The lowest BCUT2D eigenvalue weighted by atomic mass is 10.0. The van der Waals surface area contributed by atoms with Gasteiger partial charge in [-0.2, -0.15) is 5.26 Å². The largest absolute Gasteiger partial charge is 0.348 e. The Morgan fingerprint density at radius 2 is 2.30 bits per heavy atom. The van der Waals surface area contributed by atoms with E-state index in [1.807, 2.05) is 6.07 Å². The highest BCUT2D eigenvalue weighted by Gasteiger charge is 2.21. The first-order valence-electron chi connectivity index (χ1n) is 8.15. The van der Waals surface area contributed by atoms with Gasteiger partial charge in [-0.3, -0.25) is 14.6 Å². The minimum Gasteiger partial charge on any atom is -0.348 e. The van der Waals surface area contributed by atoms with Gasteiger partial charge in [0.2, 0.25) is 5.91 Å². The number of rotatable bonds is 4. The molecular formula is C18H15F2N5O2. The minimum atomic E-state index is -1.93. The van der Waals surface area contributed by atoms with Gasteiger partial charge in [0.05, 0.1) is 42.1 Å². The number of hydrogen-bond donors (Lipinski definition) is 2. The van der Waals surface area contributed by atoms with Gasteiger partial charge in [0.15, 0.2) is 12.0 Å². The summed E-state index contributed by atoms with van der Waals surface area (Å²) in [6.45, 7) is 3.16. The molecule has 0 aromatic carbocycles. The lowest BCUT2D eigenvalue weighted by Crippen LogP contribution is -2.45. The van der Waals surface area contributed by atoms with Crippen LogP contribution in [0.2, 0.25) is 0 Å². The van der Waals surface area contributed by atoms with Crippen LogP contribution in [0.5, 0.6) is 0 Å². The van der Waals surface area contributed by atoms with Crippen LogP contribution < -0.4 is 21.6 Å². The van der Waals surface area contributed by atoms with Crippen molar-refractivity contribution < 1.29 is 13.6 Å². The second-order valence-electron chi connectivity index (χ2n) is 6.07. The summed E-state index contributed by atoms with van der Waals surface area (Å²) in [4.78, 5) is 34.6. The number of nitrogens with zero attached hydrogens (tertiary/aromatic N) is 3. The lowest BCUT2D eigenvalue weighted by molar-refractivity contribution is -0.120. The predicted molar refractivity (Wildman–Crippen MR) is 93.6 cm³/mol. The number of nitrogens with one attached hydrogen (secondary N) is 2. The average Bonchev–Trinajstić information content (AvgIpc) is 2.66. The molecule has 9 heteroatoms. The summed E-state index contributed by atoms with van der Waals surface area (Å²) in [7, 11) is 0. The molecule has 2 radical (unpaired) electrons. The molecule has 2 N–H and O–H groups in total. The fourth-order valence-electron chi connectivity index (χ4n) is 2.63. The molecule has 3 atom stereocenters. The van der Waals surface area contributed by atoms with Crippen molar-refractivity contribution in [3.63, 3.8) is 0 Å². The van der Waals surface area contributed by atoms with Gasteiger partial charge < -0.3 is 10.3 Å². The first kappa shape index (κ1) is 18.6. The van der Waals surface area contributed by atoms with Crippen molar-refractivity contribution in [3.8, 4) is 6.07 Å². The number of alkyl halides is 1. The molecule has 138 valence electrons. The first-order chi connectivity index (χ1) is 12.9. The van der Waals surface area contributed by atoms with Crippen LogP contribution in [-0.2, 0) is 11.2 Å². The number of aromatic nitrogens is 2. The van der Waals surface area contributed by atoms with Crippen LogP contribution in [0, 0.1) is 30.2 Å². The molecule has 7 nitrogen and oxygen atoms in total. The number of dihydropyridines is 1. The average molecular weight is 371 g/mol. The van der Waals surface area contributed by atoms with Crippen molar-refractivity contribution in [1.29, 1.82) is 5.26 Å². The zero-order chi connectivity index (χ0) is 19.6. The van der Waals surface area contributed by atoms with Gasteiger partial charge in [0.1, 0.15) is 11.0 Å². The molecule has 1 aliphatic carbocycles. The molecule has 1 aliphatic heterocycles. The molecule has 2 aliphatic rings. The number of halogens is 2. The van der Waals surface area contributed by atoms with Crippen molar-refractivity contribution in [2.45, 2.75) is 25.6 Å². The van der Waals surface area contributed by atoms with Gasteiger partial charge in [-0.05, 0) is 13.0 Å². The number of hydrogen-bond acceptors (Lipinski definition) is 5. The van der Waals surface area contributed by atoms with Crippen LogP contribution in [-0.4, -0.2) is 33.8 Å². The van der Waals surface area contributed by atoms with E-state index in [0.29, 0.717) is 5.71 Å². The van der Waals surface area contributed by atoms with E-state index in [-0.39, 0.29) is 16.4 Å². The number of carbonyl (C=O) groups is 1. The Morgan fingerprint density at radius 3 is 2.96 bits per heavy atom. The maximum atomic E-state index is 13.9. The Morgan fingerprint density at radius 1 is 1.52 bits per heavy atom. The normalized spacial score (nSPS) is 22.1. The Labute approximate surface area is 152 Å². The van der Waals surface area contributed by atoms with Crippen molar-refractivity contribution in [3.05, 3.63) is 51.9 Å². The third-order valence-electron chi connectivity index (χ3n) is 4.07. The van der Waals surface area contributed by atoms with Crippen LogP contribution in [0.3, 0.4) is 0 Å². The SMILES string of the molecule is C[C@H](NC(=O)Cc1nc2c([nH]c1=O)=C[CH]C(F)C=2F)C1=N[CH]C(C#N)C=C1. The number of aromatic amines is 1. The van der Waals surface area contributed by atoms with Crippen molar-refractivity contribution >= 4 is 23.5 Å². The van der Waals surface area contributed by atoms with Gasteiger partial charge in [0.25, 0.3) is 5.56 Å². The molecule has 1 aromatic rings. The summed E-state index contributed by atoms with van der Waals surface area (Å²) in [5, 5.41) is 11.2. The van der Waals surface area contributed by atoms with Gasteiger partial charge >= 0.3 is 0 Å². The Kier molecular flexibility index (Phi) is 5.26. The van der Waals surface area contributed by atoms with E-state index in [2.05, 4.69) is 20.3 Å². The van der Waals surface area contributed by atoms with Crippen molar-refractivity contribution in [2.24, 2.45) is 10.9 Å². The fraction of sp³-hybridized carbons (Fsp3) is 0.278. The van der Waals surface area contributed by atoms with Crippen LogP contribution in [0.15, 0.2) is 21.9 Å². The molecule has 0 bridgehead atoms. The predicted octanol–water partition coefficient (Wildman–Crippen LogP) is -0.456. The molecule has 0 spiro atoms. The van der Waals surface area contributed by atoms with Gasteiger partial charge in [-0.15, -0.1) is 0 Å². The first-order valence-corrected chi connectivity index (χ1v) is 8.15. The maximum absolute atomic E-state index is 13.9. The third-order valence-corrected chi connectivity index (χ3v) is 4.07. The van der Waals surface area contributed by atoms with E-state index in [0.717, 1.165) is 6.42 Å². The van der Waals surface area contributed by atoms with E-state index in [4.69, 9.17) is 5.26 Å². The van der Waals surface area contributed by atoms with E-state index < -0.39 is 41.8 Å². The topological polar surface area (TPSA) is 111 Å². The molecule has 0 saturated heterocycles. The summed E-state index contributed by atoms with van der Waals surface area (Å²) in [6, 6.07) is 1.56. The lowest BCUT2D eigenvalue weighted by Gasteiger charge is -2.17. The number of amides is 1. The van der Waals surface area contributed by atoms with Gasteiger partial charge in [-0.1, -0.05) is 12.2 Å². The summed E-state index contributed by atoms with van der Waals surface area (Å²) in [6.07, 6.45) is 3.17. The fourth-order valence-corrected chi connectivity index (χ4v) is 2.63. The smallest absolute Gasteiger partial charge is 0.270 e. The van der Waals surface area contributed by atoms with E-state index in [9.17, 15) is 18.4 Å². The molecule has 27 heavy (non-hydrogen) atoms. The van der Waals surface area contributed by atoms with E-state index >= 15 is 0 Å². The molecule has 3 rings (SSSR count). The maximum Gasteiger partial charge on any atom is 0.270 e. The molecule has 0 saturated carbocycles. The zero-order valence-electron chi connectivity index (χ0n) is 14.2. The van der Waals surface area contributed by atoms with E-state index in [1.165, 1.54) is 12.6 Å². The molecule has 0 fully saturated rings. The van der Waals surface area contributed by atoms with Crippen LogP contribution in [0.25, 0.3) is 11.9 Å².